The van der Waals surface area contributed by atoms with E-state index in [1.165, 1.54) is 18.2 Å². The molecule has 1 unspecified atom stereocenters. The molecule has 1 atom stereocenters. The number of hydrogen-bond donors (Lipinski definition) is 1. The van der Waals surface area contributed by atoms with E-state index in [0.717, 1.165) is 18.2 Å². The van der Waals surface area contributed by atoms with Crippen molar-refractivity contribution in [2.45, 2.75) is 10.6 Å². The van der Waals surface area contributed by atoms with E-state index in [0.29, 0.717) is 0 Å². The van der Waals surface area contributed by atoms with Gasteiger partial charge in [0, 0.05) is 11.3 Å². The van der Waals surface area contributed by atoms with Gasteiger partial charge in [0.15, 0.2) is 11.6 Å². The minimum Gasteiger partial charge on any atom is -0.398 e. The van der Waals surface area contributed by atoms with Crippen molar-refractivity contribution in [3.05, 3.63) is 59.4 Å². The summed E-state index contributed by atoms with van der Waals surface area (Å²) in [6.07, 6.45) is 0. The van der Waals surface area contributed by atoms with Gasteiger partial charge in [0.25, 0.3) is 0 Å². The zero-order valence-electron chi connectivity index (χ0n) is 9.70. The molecule has 0 spiro atoms. The van der Waals surface area contributed by atoms with Crippen LogP contribution in [0.25, 0.3) is 0 Å². The Balaban J connectivity index is 2.31. The van der Waals surface area contributed by atoms with Crippen molar-refractivity contribution < 1.29 is 17.4 Å². The first-order valence-electron chi connectivity index (χ1n) is 5.35. The highest BCUT2D eigenvalue weighted by Crippen LogP contribution is 2.22. The largest absolute Gasteiger partial charge is 0.398 e. The van der Waals surface area contributed by atoms with Gasteiger partial charge >= 0.3 is 0 Å². The van der Waals surface area contributed by atoms with Crippen molar-refractivity contribution in [1.29, 1.82) is 0 Å². The van der Waals surface area contributed by atoms with Gasteiger partial charge in [-0.15, -0.1) is 0 Å². The second kappa shape index (κ2) is 5.44. The van der Waals surface area contributed by atoms with Crippen LogP contribution in [0, 0.1) is 17.5 Å². The molecule has 0 fully saturated rings. The zero-order valence-corrected chi connectivity index (χ0v) is 10.5. The Kier molecular flexibility index (Phi) is 3.90. The van der Waals surface area contributed by atoms with E-state index in [9.17, 15) is 17.4 Å². The fourth-order valence-electron chi connectivity index (χ4n) is 1.58. The SMILES string of the molecule is Nc1ccc(F)cc1S(=O)Cc1cccc(F)c1F. The van der Waals surface area contributed by atoms with Gasteiger partial charge in [-0.2, -0.15) is 0 Å². The zero-order chi connectivity index (χ0) is 14.0. The van der Waals surface area contributed by atoms with E-state index in [-0.39, 0.29) is 21.9 Å². The molecule has 0 bridgehead atoms. The van der Waals surface area contributed by atoms with Crippen molar-refractivity contribution in [3.8, 4) is 0 Å². The molecule has 0 aromatic heterocycles. The predicted octanol–water partition coefficient (Wildman–Crippen LogP) is 2.99. The molecule has 100 valence electrons. The molecule has 19 heavy (non-hydrogen) atoms. The maximum Gasteiger partial charge on any atom is 0.162 e. The van der Waals surface area contributed by atoms with Gasteiger partial charge in [-0.1, -0.05) is 12.1 Å². The number of halogens is 3. The minimum absolute atomic E-state index is 0.0398. The van der Waals surface area contributed by atoms with Crippen molar-refractivity contribution in [3.63, 3.8) is 0 Å². The third kappa shape index (κ3) is 2.96. The minimum atomic E-state index is -1.75. The molecule has 2 aromatic carbocycles. The third-order valence-corrected chi connectivity index (χ3v) is 3.96. The van der Waals surface area contributed by atoms with Gasteiger partial charge in [0.1, 0.15) is 5.82 Å². The lowest BCUT2D eigenvalue weighted by Crippen LogP contribution is -2.04. The highest BCUT2D eigenvalue weighted by atomic mass is 32.2. The maximum absolute atomic E-state index is 13.4. The summed E-state index contributed by atoms with van der Waals surface area (Å²) in [6, 6.07) is 7.07. The van der Waals surface area contributed by atoms with E-state index in [2.05, 4.69) is 0 Å². The lowest BCUT2D eigenvalue weighted by atomic mass is 10.2. The molecule has 0 aliphatic heterocycles. The topological polar surface area (TPSA) is 43.1 Å². The second-order valence-corrected chi connectivity index (χ2v) is 5.30. The number of anilines is 1. The smallest absolute Gasteiger partial charge is 0.162 e. The Bertz CT molecular complexity index is 646. The highest BCUT2D eigenvalue weighted by Gasteiger charge is 2.14. The number of nitrogens with two attached hydrogens (primary N) is 1. The van der Waals surface area contributed by atoms with Crippen LogP contribution in [0.3, 0.4) is 0 Å². The van der Waals surface area contributed by atoms with Crippen molar-refractivity contribution in [1.82, 2.24) is 0 Å². The molecular weight excluding hydrogens is 275 g/mol. The highest BCUT2D eigenvalue weighted by molar-refractivity contribution is 7.84. The predicted molar refractivity (Wildman–Crippen MR) is 67.3 cm³/mol. The van der Waals surface area contributed by atoms with Crippen LogP contribution in [0.2, 0.25) is 0 Å². The average molecular weight is 285 g/mol. The molecule has 0 saturated carbocycles. The molecule has 0 radical (unpaired) electrons. The van der Waals surface area contributed by atoms with E-state index in [1.54, 1.807) is 0 Å². The van der Waals surface area contributed by atoms with Crippen LogP contribution in [0.5, 0.6) is 0 Å². The van der Waals surface area contributed by atoms with Crippen LogP contribution < -0.4 is 5.73 Å². The number of benzene rings is 2. The van der Waals surface area contributed by atoms with Gasteiger partial charge in [0.2, 0.25) is 0 Å². The van der Waals surface area contributed by atoms with Gasteiger partial charge in [-0.05, 0) is 24.3 Å². The average Bonchev–Trinajstić information content (AvgIpc) is 2.38. The number of rotatable bonds is 3. The van der Waals surface area contributed by atoms with Gasteiger partial charge in [-0.25, -0.2) is 13.2 Å². The lowest BCUT2D eigenvalue weighted by Gasteiger charge is -2.07. The van der Waals surface area contributed by atoms with Crippen LogP contribution in [-0.4, -0.2) is 4.21 Å². The lowest BCUT2D eigenvalue weighted by molar-refractivity contribution is 0.502. The quantitative estimate of drug-likeness (QED) is 0.881. The molecule has 2 rings (SSSR count). The van der Waals surface area contributed by atoms with Crippen LogP contribution in [0.4, 0.5) is 18.9 Å². The molecule has 2 nitrogen and oxygen atoms in total. The fraction of sp³-hybridized carbons (Fsp3) is 0.0769. The molecule has 0 aliphatic carbocycles. The van der Waals surface area contributed by atoms with Crippen molar-refractivity contribution >= 4 is 16.5 Å². The first-order valence-corrected chi connectivity index (χ1v) is 6.67. The summed E-state index contributed by atoms with van der Waals surface area (Å²) < 4.78 is 51.6. The summed E-state index contributed by atoms with van der Waals surface area (Å²) in [5, 5.41) is 0. The van der Waals surface area contributed by atoms with E-state index >= 15 is 0 Å². The van der Waals surface area contributed by atoms with Gasteiger partial charge in [-0.3, -0.25) is 4.21 Å². The normalized spacial score (nSPS) is 12.4. The summed E-state index contributed by atoms with van der Waals surface area (Å²) in [4.78, 5) is 0.0728. The Morgan fingerprint density at radius 1 is 1.11 bits per heavy atom. The van der Waals surface area contributed by atoms with E-state index < -0.39 is 28.3 Å². The Morgan fingerprint density at radius 3 is 2.58 bits per heavy atom. The van der Waals surface area contributed by atoms with Crippen LogP contribution in [0.15, 0.2) is 41.3 Å². The fourth-order valence-corrected chi connectivity index (χ4v) is 2.82. The van der Waals surface area contributed by atoms with Gasteiger partial charge < -0.3 is 5.73 Å². The van der Waals surface area contributed by atoms with Crippen LogP contribution >= 0.6 is 0 Å². The molecule has 6 heteroatoms. The Labute approximate surface area is 110 Å². The summed E-state index contributed by atoms with van der Waals surface area (Å²) >= 11 is 0. The summed E-state index contributed by atoms with van der Waals surface area (Å²) in [5.41, 5.74) is 5.69. The maximum atomic E-state index is 13.4. The molecule has 0 aliphatic rings. The van der Waals surface area contributed by atoms with Crippen molar-refractivity contribution in [2.75, 3.05) is 5.73 Å². The number of nitrogen functional groups attached to an aromatic ring is 1. The molecule has 0 saturated heterocycles. The number of hydrogen-bond acceptors (Lipinski definition) is 2. The third-order valence-electron chi connectivity index (χ3n) is 2.54. The summed E-state index contributed by atoms with van der Waals surface area (Å²) in [5.74, 6) is -2.91. The van der Waals surface area contributed by atoms with Crippen molar-refractivity contribution in [2.24, 2.45) is 0 Å². The Morgan fingerprint density at radius 2 is 1.84 bits per heavy atom. The van der Waals surface area contributed by atoms with Gasteiger partial charge in [0.05, 0.1) is 21.4 Å². The van der Waals surface area contributed by atoms with Crippen LogP contribution in [0.1, 0.15) is 5.56 Å². The molecule has 2 aromatic rings. The first kappa shape index (κ1) is 13.6. The molecular formula is C13H10F3NOS. The van der Waals surface area contributed by atoms with E-state index in [4.69, 9.17) is 5.73 Å². The Hall–Kier alpha value is -1.82. The molecule has 2 N–H and O–H groups in total. The summed E-state index contributed by atoms with van der Waals surface area (Å²) in [7, 11) is -1.75. The monoisotopic (exact) mass is 285 g/mol. The standard InChI is InChI=1S/C13H10F3NOS/c14-9-4-5-11(17)12(6-9)19(18)7-8-2-1-3-10(15)13(8)16/h1-6H,7,17H2. The van der Waals surface area contributed by atoms with E-state index in [1.807, 2.05) is 0 Å². The summed E-state index contributed by atoms with van der Waals surface area (Å²) in [6.45, 7) is 0. The first-order chi connectivity index (χ1) is 8.99. The molecule has 0 heterocycles. The van der Waals surface area contributed by atoms with Crippen LogP contribution in [-0.2, 0) is 16.6 Å². The second-order valence-electron chi connectivity index (χ2n) is 3.88. The molecule has 0 amide bonds.